The molecule has 3 N–H and O–H groups in total. The first-order valence-electron chi connectivity index (χ1n) is 8.35. The monoisotopic (exact) mass is 335 g/mol. The van der Waals surface area contributed by atoms with Gasteiger partial charge in [0.25, 0.3) is 5.91 Å². The largest absolute Gasteiger partial charge is 0.361 e. The molecule has 0 saturated carbocycles. The van der Waals surface area contributed by atoms with E-state index in [-0.39, 0.29) is 5.91 Å². The SMILES string of the molecule is CCCCC[C@H](C)CNC(=S)NNC(=O)c1cc(C)ccc1C. The smallest absolute Gasteiger partial charge is 0.269 e. The molecular formula is C18H29N3OS. The minimum absolute atomic E-state index is 0.175. The predicted molar refractivity (Wildman–Crippen MR) is 100 cm³/mol. The third kappa shape index (κ3) is 7.46. The third-order valence-corrected chi connectivity index (χ3v) is 4.09. The van der Waals surface area contributed by atoms with E-state index in [1.807, 2.05) is 32.0 Å². The van der Waals surface area contributed by atoms with Gasteiger partial charge in [0.1, 0.15) is 0 Å². The van der Waals surface area contributed by atoms with Crippen LogP contribution in [-0.2, 0) is 0 Å². The second-order valence-electron chi connectivity index (χ2n) is 6.21. The number of hydrogen-bond donors (Lipinski definition) is 3. The number of carbonyl (C=O) groups excluding carboxylic acids is 1. The molecule has 1 amide bonds. The van der Waals surface area contributed by atoms with E-state index in [0.717, 1.165) is 17.7 Å². The molecule has 0 unspecified atom stereocenters. The summed E-state index contributed by atoms with van der Waals surface area (Å²) < 4.78 is 0. The lowest BCUT2D eigenvalue weighted by Crippen LogP contribution is -2.47. The van der Waals surface area contributed by atoms with E-state index in [9.17, 15) is 4.79 Å². The van der Waals surface area contributed by atoms with Gasteiger partial charge >= 0.3 is 0 Å². The van der Waals surface area contributed by atoms with Gasteiger partial charge in [0.05, 0.1) is 0 Å². The molecule has 1 atom stereocenters. The van der Waals surface area contributed by atoms with Gasteiger partial charge < -0.3 is 5.32 Å². The van der Waals surface area contributed by atoms with Crippen molar-refractivity contribution in [2.75, 3.05) is 6.54 Å². The van der Waals surface area contributed by atoms with Crippen molar-refractivity contribution in [3.63, 3.8) is 0 Å². The van der Waals surface area contributed by atoms with Gasteiger partial charge in [-0.25, -0.2) is 0 Å². The molecule has 0 bridgehead atoms. The van der Waals surface area contributed by atoms with Crippen LogP contribution in [0.15, 0.2) is 18.2 Å². The minimum Gasteiger partial charge on any atom is -0.361 e. The maximum atomic E-state index is 12.2. The molecule has 0 heterocycles. The van der Waals surface area contributed by atoms with Crippen LogP contribution in [0.4, 0.5) is 0 Å². The zero-order valence-corrected chi connectivity index (χ0v) is 15.5. The molecule has 1 rings (SSSR count). The molecule has 128 valence electrons. The fraction of sp³-hybridized carbons (Fsp3) is 0.556. The molecule has 1 aromatic carbocycles. The Morgan fingerprint density at radius 1 is 1.22 bits per heavy atom. The highest BCUT2D eigenvalue weighted by Crippen LogP contribution is 2.10. The number of thiocarbonyl (C=S) groups is 1. The van der Waals surface area contributed by atoms with Crippen LogP contribution in [-0.4, -0.2) is 17.6 Å². The van der Waals surface area contributed by atoms with Crippen LogP contribution < -0.4 is 16.2 Å². The second kappa shape index (κ2) is 10.2. The molecule has 5 heteroatoms. The number of hydrogen-bond acceptors (Lipinski definition) is 2. The number of rotatable bonds is 7. The molecule has 0 fully saturated rings. The van der Waals surface area contributed by atoms with Crippen LogP contribution in [0.25, 0.3) is 0 Å². The Balaban J connectivity index is 2.32. The molecule has 0 aliphatic heterocycles. The maximum Gasteiger partial charge on any atom is 0.269 e. The molecule has 0 aliphatic rings. The molecule has 4 nitrogen and oxygen atoms in total. The van der Waals surface area contributed by atoms with Gasteiger partial charge in [-0.15, -0.1) is 0 Å². The van der Waals surface area contributed by atoms with Crippen molar-refractivity contribution in [1.29, 1.82) is 0 Å². The molecular weight excluding hydrogens is 306 g/mol. The average molecular weight is 336 g/mol. The lowest BCUT2D eigenvalue weighted by Gasteiger charge is -2.16. The number of unbranched alkanes of at least 4 members (excludes halogenated alkanes) is 2. The zero-order chi connectivity index (χ0) is 17.2. The number of amides is 1. The first-order valence-corrected chi connectivity index (χ1v) is 8.76. The molecule has 0 radical (unpaired) electrons. The van der Waals surface area contributed by atoms with Gasteiger partial charge in [0.2, 0.25) is 0 Å². The molecule has 1 aromatic rings. The highest BCUT2D eigenvalue weighted by molar-refractivity contribution is 7.80. The van der Waals surface area contributed by atoms with Gasteiger partial charge in [0.15, 0.2) is 5.11 Å². The Morgan fingerprint density at radius 2 is 1.96 bits per heavy atom. The van der Waals surface area contributed by atoms with Gasteiger partial charge in [-0.1, -0.05) is 50.8 Å². The van der Waals surface area contributed by atoms with E-state index in [1.165, 1.54) is 25.7 Å². The zero-order valence-electron chi connectivity index (χ0n) is 14.7. The van der Waals surface area contributed by atoms with Crippen LogP contribution >= 0.6 is 12.2 Å². The summed E-state index contributed by atoms with van der Waals surface area (Å²) in [5.74, 6) is 0.391. The van der Waals surface area contributed by atoms with E-state index in [4.69, 9.17) is 12.2 Å². The summed E-state index contributed by atoms with van der Waals surface area (Å²) in [5, 5.41) is 3.60. The fourth-order valence-electron chi connectivity index (χ4n) is 2.32. The summed E-state index contributed by atoms with van der Waals surface area (Å²) in [4.78, 5) is 12.2. The molecule has 23 heavy (non-hydrogen) atoms. The number of benzene rings is 1. The van der Waals surface area contributed by atoms with Crippen molar-refractivity contribution in [2.24, 2.45) is 5.92 Å². The van der Waals surface area contributed by atoms with Gasteiger partial charge in [0, 0.05) is 12.1 Å². The first-order chi connectivity index (χ1) is 10.9. The standard InChI is InChI=1S/C18H29N3OS/c1-5-6-7-8-14(3)12-19-18(23)21-20-17(22)16-11-13(2)9-10-15(16)4/h9-11,14H,5-8,12H2,1-4H3,(H,20,22)(H2,19,21,23)/t14-/m0/s1. The van der Waals surface area contributed by atoms with Gasteiger partial charge in [-0.05, 0) is 50.0 Å². The molecule has 0 aromatic heterocycles. The van der Waals surface area contributed by atoms with Gasteiger partial charge in [-0.3, -0.25) is 15.6 Å². The van der Waals surface area contributed by atoms with Crippen molar-refractivity contribution in [1.82, 2.24) is 16.2 Å². The Kier molecular flexibility index (Phi) is 8.62. The molecule has 0 saturated heterocycles. The van der Waals surface area contributed by atoms with E-state index in [2.05, 4.69) is 30.0 Å². The minimum atomic E-state index is -0.175. The number of hydrazine groups is 1. The van der Waals surface area contributed by atoms with E-state index < -0.39 is 0 Å². The Hall–Kier alpha value is -1.62. The first kappa shape index (κ1) is 19.4. The predicted octanol–water partition coefficient (Wildman–Crippen LogP) is 3.63. The number of carbonyl (C=O) groups is 1. The van der Waals surface area contributed by atoms with E-state index in [0.29, 0.717) is 16.6 Å². The van der Waals surface area contributed by atoms with Crippen molar-refractivity contribution in [3.05, 3.63) is 34.9 Å². The van der Waals surface area contributed by atoms with Crippen molar-refractivity contribution in [3.8, 4) is 0 Å². The topological polar surface area (TPSA) is 53.2 Å². The van der Waals surface area contributed by atoms with Crippen LogP contribution in [0.1, 0.15) is 61.0 Å². The lowest BCUT2D eigenvalue weighted by molar-refractivity contribution is 0.0943. The highest BCUT2D eigenvalue weighted by atomic mass is 32.1. The fourth-order valence-corrected chi connectivity index (χ4v) is 2.45. The third-order valence-electron chi connectivity index (χ3n) is 3.84. The Morgan fingerprint density at radius 3 is 2.65 bits per heavy atom. The Labute approximate surface area is 145 Å². The van der Waals surface area contributed by atoms with E-state index in [1.54, 1.807) is 0 Å². The number of aryl methyl sites for hydroxylation is 2. The van der Waals surface area contributed by atoms with Crippen LogP contribution in [0, 0.1) is 19.8 Å². The highest BCUT2D eigenvalue weighted by Gasteiger charge is 2.09. The summed E-state index contributed by atoms with van der Waals surface area (Å²) in [6.45, 7) is 9.12. The quantitative estimate of drug-likeness (QED) is 0.405. The summed E-state index contributed by atoms with van der Waals surface area (Å²) in [7, 11) is 0. The van der Waals surface area contributed by atoms with Crippen molar-refractivity contribution >= 4 is 23.2 Å². The molecule has 0 spiro atoms. The van der Waals surface area contributed by atoms with Crippen molar-refractivity contribution < 1.29 is 4.79 Å². The summed E-state index contributed by atoms with van der Waals surface area (Å²) in [5.41, 5.74) is 8.08. The number of nitrogens with one attached hydrogen (secondary N) is 3. The van der Waals surface area contributed by atoms with Crippen LogP contribution in [0.5, 0.6) is 0 Å². The summed E-state index contributed by atoms with van der Waals surface area (Å²) in [6, 6.07) is 5.81. The normalized spacial score (nSPS) is 11.7. The Bertz CT molecular complexity index is 531. The van der Waals surface area contributed by atoms with Crippen molar-refractivity contribution in [2.45, 2.75) is 53.4 Å². The summed E-state index contributed by atoms with van der Waals surface area (Å²) >= 11 is 5.20. The van der Waals surface area contributed by atoms with Crippen LogP contribution in [0.3, 0.4) is 0 Å². The molecule has 0 aliphatic carbocycles. The van der Waals surface area contributed by atoms with Crippen LogP contribution in [0.2, 0.25) is 0 Å². The second-order valence-corrected chi connectivity index (χ2v) is 6.62. The van der Waals surface area contributed by atoms with E-state index >= 15 is 0 Å². The average Bonchev–Trinajstić information content (AvgIpc) is 2.53. The van der Waals surface area contributed by atoms with Gasteiger partial charge in [-0.2, -0.15) is 0 Å². The lowest BCUT2D eigenvalue weighted by atomic mass is 10.0. The summed E-state index contributed by atoms with van der Waals surface area (Å²) in [6.07, 6.45) is 4.96. The maximum absolute atomic E-state index is 12.2.